The van der Waals surface area contributed by atoms with Crippen molar-refractivity contribution in [3.8, 4) is 11.5 Å². The number of methoxy groups -OCH3 is 2. The largest absolute Gasteiger partial charge is 0.497 e. The van der Waals surface area contributed by atoms with E-state index in [4.69, 9.17) is 21.1 Å². The van der Waals surface area contributed by atoms with Gasteiger partial charge in [-0.05, 0) is 62.5 Å². The van der Waals surface area contributed by atoms with Gasteiger partial charge in [0.2, 0.25) is 0 Å². The number of hydrogen-bond donors (Lipinski definition) is 2. The minimum atomic E-state index is -0.759. The average molecular weight is 460 g/mol. The zero-order valence-electron chi connectivity index (χ0n) is 18.1. The first-order chi connectivity index (χ1) is 15.3. The molecule has 4 bridgehead atoms. The van der Waals surface area contributed by atoms with Gasteiger partial charge in [0.1, 0.15) is 16.5 Å². The molecule has 0 amide bonds. The molecular formula is C23H26ClN3O5. The summed E-state index contributed by atoms with van der Waals surface area (Å²) in [6.45, 7) is 0. The highest BCUT2D eigenvalue weighted by Gasteiger charge is 2.62. The van der Waals surface area contributed by atoms with Crippen LogP contribution in [0.4, 0.5) is 11.4 Å². The molecule has 6 rings (SSSR count). The van der Waals surface area contributed by atoms with Crippen LogP contribution in [0, 0.1) is 17.3 Å². The second-order valence-corrected chi connectivity index (χ2v) is 9.93. The molecule has 1 aromatic carbocycles. The molecule has 0 saturated heterocycles. The highest BCUT2D eigenvalue weighted by molar-refractivity contribution is 6.33. The Labute approximate surface area is 190 Å². The van der Waals surface area contributed by atoms with Gasteiger partial charge in [0, 0.05) is 6.07 Å². The first-order valence-corrected chi connectivity index (χ1v) is 11.2. The third-order valence-electron chi connectivity index (χ3n) is 7.53. The predicted molar refractivity (Wildman–Crippen MR) is 119 cm³/mol. The van der Waals surface area contributed by atoms with Crippen molar-refractivity contribution in [1.29, 1.82) is 0 Å². The van der Waals surface area contributed by atoms with Crippen LogP contribution < -0.4 is 20.3 Å². The number of nitrogens with zero attached hydrogens (tertiary/aromatic N) is 2. The van der Waals surface area contributed by atoms with Gasteiger partial charge < -0.3 is 19.9 Å². The summed E-state index contributed by atoms with van der Waals surface area (Å²) in [5.41, 5.74) is -0.751. The van der Waals surface area contributed by atoms with E-state index in [9.17, 15) is 14.7 Å². The Morgan fingerprint density at radius 3 is 2.53 bits per heavy atom. The summed E-state index contributed by atoms with van der Waals surface area (Å²) >= 11 is 6.52. The second-order valence-electron chi connectivity index (χ2n) is 9.55. The fourth-order valence-electron chi connectivity index (χ4n) is 6.62. The average Bonchev–Trinajstić information content (AvgIpc) is 2.76. The van der Waals surface area contributed by atoms with Crippen LogP contribution in [0.2, 0.25) is 5.02 Å². The van der Waals surface area contributed by atoms with Crippen molar-refractivity contribution in [1.82, 2.24) is 9.78 Å². The molecule has 2 atom stereocenters. The normalized spacial score (nSPS) is 30.2. The maximum absolute atomic E-state index is 13.4. The van der Waals surface area contributed by atoms with Crippen LogP contribution in [0.5, 0.6) is 11.5 Å². The molecule has 0 aliphatic heterocycles. The Kier molecular flexibility index (Phi) is 4.89. The summed E-state index contributed by atoms with van der Waals surface area (Å²) in [5, 5.41) is 17.7. The number of carboxylic acids is 1. The van der Waals surface area contributed by atoms with Gasteiger partial charge in [-0.25, -0.2) is 4.68 Å². The molecule has 4 fully saturated rings. The molecule has 4 saturated carbocycles. The fraction of sp³-hybridized carbons (Fsp3) is 0.522. The SMILES string of the molecule is COc1ccc(Nc2cnn(C34C[C@H]5C[C@@H](CC(C(=O)O)(C5)C3)C4)c(=O)c2Cl)c(OC)c1. The summed E-state index contributed by atoms with van der Waals surface area (Å²) < 4.78 is 12.1. The molecule has 9 heteroatoms. The van der Waals surface area contributed by atoms with Crippen LogP contribution in [0.25, 0.3) is 0 Å². The van der Waals surface area contributed by atoms with E-state index in [1.54, 1.807) is 38.6 Å². The molecule has 2 N–H and O–H groups in total. The number of carbonyl (C=O) groups is 1. The van der Waals surface area contributed by atoms with Crippen LogP contribution >= 0.6 is 11.6 Å². The van der Waals surface area contributed by atoms with Crippen LogP contribution in [0.1, 0.15) is 38.5 Å². The van der Waals surface area contributed by atoms with E-state index in [1.807, 2.05) is 0 Å². The summed E-state index contributed by atoms with van der Waals surface area (Å²) in [6, 6.07) is 5.27. The summed E-state index contributed by atoms with van der Waals surface area (Å²) in [7, 11) is 3.12. The highest BCUT2D eigenvalue weighted by atomic mass is 35.5. The van der Waals surface area contributed by atoms with Gasteiger partial charge in [0.15, 0.2) is 0 Å². The topological polar surface area (TPSA) is 103 Å². The van der Waals surface area contributed by atoms with E-state index in [0.717, 1.165) is 19.3 Å². The molecule has 32 heavy (non-hydrogen) atoms. The van der Waals surface area contributed by atoms with Gasteiger partial charge in [0.05, 0.1) is 42.7 Å². The molecule has 4 aliphatic rings. The number of aliphatic carboxylic acids is 1. The van der Waals surface area contributed by atoms with Crippen molar-refractivity contribution in [3.63, 3.8) is 0 Å². The predicted octanol–water partition coefficient (Wildman–Crippen LogP) is 4.04. The molecule has 4 aliphatic carbocycles. The van der Waals surface area contributed by atoms with Crippen LogP contribution in [-0.2, 0) is 10.3 Å². The molecule has 0 radical (unpaired) electrons. The van der Waals surface area contributed by atoms with E-state index in [-0.39, 0.29) is 5.02 Å². The van der Waals surface area contributed by atoms with Gasteiger partial charge >= 0.3 is 5.97 Å². The number of ether oxygens (including phenoxy) is 2. The summed E-state index contributed by atoms with van der Waals surface area (Å²) in [6.07, 6.45) is 5.96. The number of rotatable bonds is 6. The number of halogens is 1. The zero-order chi connectivity index (χ0) is 22.7. The smallest absolute Gasteiger partial charge is 0.309 e. The van der Waals surface area contributed by atoms with Crippen LogP contribution in [-0.4, -0.2) is 35.1 Å². The summed E-state index contributed by atoms with van der Waals surface area (Å²) in [5.74, 6) is 1.04. The lowest BCUT2D eigenvalue weighted by Gasteiger charge is -2.60. The Balaban J connectivity index is 1.50. The fourth-order valence-corrected chi connectivity index (χ4v) is 6.79. The highest BCUT2D eigenvalue weighted by Crippen LogP contribution is 2.64. The van der Waals surface area contributed by atoms with Crippen molar-refractivity contribution in [2.24, 2.45) is 17.3 Å². The van der Waals surface area contributed by atoms with Crippen molar-refractivity contribution in [2.45, 2.75) is 44.1 Å². The number of anilines is 2. The van der Waals surface area contributed by atoms with Gasteiger partial charge in [-0.3, -0.25) is 9.59 Å². The van der Waals surface area contributed by atoms with E-state index in [1.165, 1.54) is 4.68 Å². The van der Waals surface area contributed by atoms with E-state index < -0.39 is 22.5 Å². The lowest BCUT2D eigenvalue weighted by Crippen LogP contribution is -2.61. The van der Waals surface area contributed by atoms with Crippen molar-refractivity contribution in [3.05, 3.63) is 39.8 Å². The quantitative estimate of drug-likeness (QED) is 0.672. The molecule has 170 valence electrons. The van der Waals surface area contributed by atoms with Crippen molar-refractivity contribution >= 4 is 28.9 Å². The van der Waals surface area contributed by atoms with Gasteiger partial charge in [-0.2, -0.15) is 5.10 Å². The number of aromatic nitrogens is 2. The summed E-state index contributed by atoms with van der Waals surface area (Å²) in [4.78, 5) is 25.5. The molecule has 8 nitrogen and oxygen atoms in total. The van der Waals surface area contributed by atoms with Crippen molar-refractivity contribution < 1.29 is 19.4 Å². The lowest BCUT2D eigenvalue weighted by atomic mass is 9.47. The van der Waals surface area contributed by atoms with Gasteiger partial charge in [0.25, 0.3) is 5.56 Å². The Morgan fingerprint density at radius 2 is 1.91 bits per heavy atom. The number of nitrogens with one attached hydrogen (secondary N) is 1. The molecule has 0 unspecified atom stereocenters. The van der Waals surface area contributed by atoms with Crippen LogP contribution in [0.3, 0.4) is 0 Å². The Hall–Kier alpha value is -2.74. The minimum Gasteiger partial charge on any atom is -0.497 e. The third-order valence-corrected chi connectivity index (χ3v) is 7.90. The maximum Gasteiger partial charge on any atom is 0.309 e. The van der Waals surface area contributed by atoms with Gasteiger partial charge in [-0.1, -0.05) is 11.6 Å². The number of hydrogen-bond acceptors (Lipinski definition) is 6. The zero-order valence-corrected chi connectivity index (χ0v) is 18.8. The molecule has 2 aromatic rings. The van der Waals surface area contributed by atoms with E-state index >= 15 is 0 Å². The minimum absolute atomic E-state index is 0.0259. The Morgan fingerprint density at radius 1 is 1.19 bits per heavy atom. The first kappa shape index (κ1) is 21.1. The third kappa shape index (κ3) is 3.15. The van der Waals surface area contributed by atoms with Crippen molar-refractivity contribution in [2.75, 3.05) is 19.5 Å². The standard InChI is InChI=1S/C23H26ClN3O5/c1-31-15-3-4-16(18(6-15)32-2)26-17-11-25-27(20(28)19(17)24)23-9-13-5-14(10-23)8-22(7-13,12-23)21(29)30/h3-4,6,11,13-14,26H,5,7-10,12H2,1-2H3,(H,29,30)/t13-,14-,22?,23?/m0/s1. The molecule has 0 spiro atoms. The van der Waals surface area contributed by atoms with E-state index in [0.29, 0.717) is 54.0 Å². The maximum atomic E-state index is 13.4. The number of carboxylic acid groups (broad SMARTS) is 1. The van der Waals surface area contributed by atoms with Gasteiger partial charge in [-0.15, -0.1) is 0 Å². The Bertz CT molecular complexity index is 1130. The van der Waals surface area contributed by atoms with Crippen LogP contribution in [0.15, 0.2) is 29.2 Å². The molecule has 1 aromatic heterocycles. The first-order valence-electron chi connectivity index (χ1n) is 10.8. The lowest BCUT2D eigenvalue weighted by molar-refractivity contribution is -0.173. The monoisotopic (exact) mass is 459 g/mol. The van der Waals surface area contributed by atoms with E-state index in [2.05, 4.69) is 10.4 Å². The number of benzene rings is 1. The molecular weight excluding hydrogens is 434 g/mol. The molecule has 1 heterocycles. The second kappa shape index (κ2) is 7.40.